The normalized spacial score (nSPS) is 16.4. The van der Waals surface area contributed by atoms with Crippen LogP contribution in [-0.2, 0) is 4.79 Å². The van der Waals surface area contributed by atoms with E-state index in [1.807, 2.05) is 13.0 Å². The van der Waals surface area contributed by atoms with Gasteiger partial charge in [0.1, 0.15) is 5.75 Å². The van der Waals surface area contributed by atoms with Gasteiger partial charge in [-0.2, -0.15) is 0 Å². The Morgan fingerprint density at radius 2 is 1.96 bits per heavy atom. The fourth-order valence-electron chi connectivity index (χ4n) is 2.75. The summed E-state index contributed by atoms with van der Waals surface area (Å²) in [5, 5.41) is 2.95. The second-order valence-electron chi connectivity index (χ2n) is 6.96. The lowest BCUT2D eigenvalue weighted by atomic mass is 10.0. The lowest BCUT2D eigenvalue weighted by molar-refractivity contribution is -0.123. The van der Waals surface area contributed by atoms with Crippen LogP contribution in [0.5, 0.6) is 5.75 Å². The molecule has 1 fully saturated rings. The summed E-state index contributed by atoms with van der Waals surface area (Å²) in [5.74, 6) is 1.19. The predicted octanol–water partition coefficient (Wildman–Crippen LogP) is 1.86. The molecule has 1 amide bonds. The van der Waals surface area contributed by atoms with Crippen LogP contribution in [0.1, 0.15) is 30.9 Å². The van der Waals surface area contributed by atoms with E-state index in [9.17, 15) is 4.79 Å². The number of rotatable bonds is 7. The fraction of sp³-hybridized carbons (Fsp3) is 0.632. The molecule has 0 spiro atoms. The Morgan fingerprint density at radius 3 is 2.62 bits per heavy atom. The van der Waals surface area contributed by atoms with E-state index in [1.54, 1.807) is 0 Å². The molecule has 0 radical (unpaired) electrons. The topological polar surface area (TPSA) is 44.8 Å². The summed E-state index contributed by atoms with van der Waals surface area (Å²) >= 11 is 0. The maximum atomic E-state index is 12.0. The Morgan fingerprint density at radius 1 is 1.25 bits per heavy atom. The van der Waals surface area contributed by atoms with Crippen molar-refractivity contribution in [3.8, 4) is 5.75 Å². The molecule has 0 unspecified atom stereocenters. The molecule has 0 bridgehead atoms. The van der Waals surface area contributed by atoms with Gasteiger partial charge in [0.15, 0.2) is 6.61 Å². The van der Waals surface area contributed by atoms with E-state index in [4.69, 9.17) is 4.74 Å². The van der Waals surface area contributed by atoms with Crippen molar-refractivity contribution in [1.82, 2.24) is 15.1 Å². The first-order valence-electron chi connectivity index (χ1n) is 8.86. The molecular weight excluding hydrogens is 302 g/mol. The van der Waals surface area contributed by atoms with Crippen LogP contribution >= 0.6 is 0 Å². The van der Waals surface area contributed by atoms with Gasteiger partial charge in [0.2, 0.25) is 0 Å². The minimum absolute atomic E-state index is 0.0570. The Balaban J connectivity index is 1.70. The highest BCUT2D eigenvalue weighted by molar-refractivity contribution is 5.77. The Hall–Kier alpha value is -1.59. The van der Waals surface area contributed by atoms with Gasteiger partial charge in [-0.1, -0.05) is 26.0 Å². The zero-order valence-corrected chi connectivity index (χ0v) is 15.5. The van der Waals surface area contributed by atoms with Gasteiger partial charge in [-0.3, -0.25) is 9.69 Å². The molecule has 1 N–H and O–H groups in total. The highest BCUT2D eigenvalue weighted by atomic mass is 16.5. The predicted molar refractivity (Wildman–Crippen MR) is 97.7 cm³/mol. The average Bonchev–Trinajstić information content (AvgIpc) is 2.55. The molecule has 1 saturated heterocycles. The number of piperazine rings is 1. The quantitative estimate of drug-likeness (QED) is 0.827. The van der Waals surface area contributed by atoms with Gasteiger partial charge in [0, 0.05) is 39.3 Å². The molecule has 1 heterocycles. The first kappa shape index (κ1) is 18.7. The Bertz CT molecular complexity index is 537. The molecule has 0 atom stereocenters. The van der Waals surface area contributed by atoms with Crippen molar-refractivity contribution in [2.75, 3.05) is 52.9 Å². The lowest BCUT2D eigenvalue weighted by Gasteiger charge is -2.32. The van der Waals surface area contributed by atoms with E-state index >= 15 is 0 Å². The molecule has 1 aromatic rings. The molecule has 0 saturated carbocycles. The van der Waals surface area contributed by atoms with Crippen molar-refractivity contribution in [3.05, 3.63) is 29.3 Å². The van der Waals surface area contributed by atoms with Crippen LogP contribution in [0.2, 0.25) is 0 Å². The standard InChI is InChI=1S/C19H31N3O2/c1-15(2)17-6-5-16(3)18(13-17)24-14-19(23)20-7-8-22-11-9-21(4)10-12-22/h5-6,13,15H,7-12,14H2,1-4H3,(H,20,23). The van der Waals surface area contributed by atoms with Gasteiger partial charge in [-0.15, -0.1) is 0 Å². The SMILES string of the molecule is Cc1ccc(C(C)C)cc1OCC(=O)NCCN1CCN(C)CC1. The van der Waals surface area contributed by atoms with E-state index in [1.165, 1.54) is 5.56 Å². The van der Waals surface area contributed by atoms with Crippen molar-refractivity contribution < 1.29 is 9.53 Å². The third kappa shape index (κ3) is 5.80. The van der Waals surface area contributed by atoms with Crippen LogP contribution in [0.25, 0.3) is 0 Å². The first-order chi connectivity index (χ1) is 11.5. The number of carbonyl (C=O) groups excluding carboxylic acids is 1. The molecule has 1 aliphatic rings. The molecule has 1 aromatic carbocycles. The van der Waals surface area contributed by atoms with Gasteiger partial charge in [0.05, 0.1) is 0 Å². The number of nitrogens with one attached hydrogen (secondary N) is 1. The van der Waals surface area contributed by atoms with Gasteiger partial charge in [0.25, 0.3) is 5.91 Å². The van der Waals surface area contributed by atoms with Crippen LogP contribution in [0.3, 0.4) is 0 Å². The van der Waals surface area contributed by atoms with E-state index in [0.717, 1.165) is 44.0 Å². The Labute approximate surface area is 146 Å². The molecule has 5 nitrogen and oxygen atoms in total. The third-order valence-electron chi connectivity index (χ3n) is 4.58. The van der Waals surface area contributed by atoms with Crippen molar-refractivity contribution in [2.24, 2.45) is 0 Å². The molecular formula is C19H31N3O2. The van der Waals surface area contributed by atoms with Crippen molar-refractivity contribution in [2.45, 2.75) is 26.7 Å². The van der Waals surface area contributed by atoms with Gasteiger partial charge < -0.3 is 15.0 Å². The molecule has 0 aliphatic carbocycles. The molecule has 5 heteroatoms. The summed E-state index contributed by atoms with van der Waals surface area (Å²) < 4.78 is 5.71. The van der Waals surface area contributed by atoms with Crippen LogP contribution in [0.15, 0.2) is 18.2 Å². The zero-order chi connectivity index (χ0) is 17.5. The number of nitrogens with zero attached hydrogens (tertiary/aromatic N) is 2. The number of hydrogen-bond acceptors (Lipinski definition) is 4. The number of ether oxygens (including phenoxy) is 1. The molecule has 134 valence electrons. The summed E-state index contributed by atoms with van der Waals surface area (Å²) in [4.78, 5) is 16.7. The third-order valence-corrected chi connectivity index (χ3v) is 4.58. The maximum Gasteiger partial charge on any atom is 0.257 e. The number of hydrogen-bond donors (Lipinski definition) is 1. The van der Waals surface area contributed by atoms with Crippen LogP contribution in [0, 0.1) is 6.92 Å². The summed E-state index contributed by atoms with van der Waals surface area (Å²) in [6, 6.07) is 6.20. The summed E-state index contributed by atoms with van der Waals surface area (Å²) in [7, 11) is 2.15. The number of carbonyl (C=O) groups is 1. The minimum atomic E-state index is -0.0570. The largest absolute Gasteiger partial charge is 0.483 e. The molecule has 2 rings (SSSR count). The average molecular weight is 333 g/mol. The van der Waals surface area contributed by atoms with Crippen molar-refractivity contribution in [3.63, 3.8) is 0 Å². The zero-order valence-electron chi connectivity index (χ0n) is 15.5. The summed E-state index contributed by atoms with van der Waals surface area (Å²) in [6.07, 6.45) is 0. The number of benzene rings is 1. The highest BCUT2D eigenvalue weighted by Crippen LogP contribution is 2.24. The summed E-state index contributed by atoms with van der Waals surface area (Å²) in [5.41, 5.74) is 2.29. The smallest absolute Gasteiger partial charge is 0.257 e. The number of amides is 1. The van der Waals surface area contributed by atoms with E-state index in [-0.39, 0.29) is 12.5 Å². The van der Waals surface area contributed by atoms with Crippen LogP contribution in [-0.4, -0.2) is 68.6 Å². The molecule has 1 aliphatic heterocycles. The van der Waals surface area contributed by atoms with Crippen molar-refractivity contribution >= 4 is 5.91 Å². The Kier molecular flexibility index (Phi) is 7.06. The second-order valence-corrected chi connectivity index (χ2v) is 6.96. The first-order valence-corrected chi connectivity index (χ1v) is 8.86. The van der Waals surface area contributed by atoms with Crippen LogP contribution < -0.4 is 10.1 Å². The van der Waals surface area contributed by atoms with Crippen LogP contribution in [0.4, 0.5) is 0 Å². The molecule has 0 aromatic heterocycles. The fourth-order valence-corrected chi connectivity index (χ4v) is 2.75. The highest BCUT2D eigenvalue weighted by Gasteiger charge is 2.13. The summed E-state index contributed by atoms with van der Waals surface area (Å²) in [6.45, 7) is 12.3. The number of likely N-dealkylation sites (N-methyl/N-ethyl adjacent to an activating group) is 1. The van der Waals surface area contributed by atoms with Gasteiger partial charge in [-0.25, -0.2) is 0 Å². The number of aryl methyl sites for hydroxylation is 1. The van der Waals surface area contributed by atoms with E-state index in [2.05, 4.69) is 48.1 Å². The minimum Gasteiger partial charge on any atom is -0.483 e. The van der Waals surface area contributed by atoms with Gasteiger partial charge >= 0.3 is 0 Å². The van der Waals surface area contributed by atoms with Crippen molar-refractivity contribution in [1.29, 1.82) is 0 Å². The monoisotopic (exact) mass is 333 g/mol. The van der Waals surface area contributed by atoms with Gasteiger partial charge in [-0.05, 0) is 37.1 Å². The second kappa shape index (κ2) is 9.04. The van der Waals surface area contributed by atoms with E-state index < -0.39 is 0 Å². The molecule has 24 heavy (non-hydrogen) atoms. The van der Waals surface area contributed by atoms with E-state index in [0.29, 0.717) is 12.5 Å². The lowest BCUT2D eigenvalue weighted by Crippen LogP contribution is -2.47. The maximum absolute atomic E-state index is 12.0.